The number of hydrogen-bond donors (Lipinski definition) is 0. The summed E-state index contributed by atoms with van der Waals surface area (Å²) < 4.78 is 5.48. The highest BCUT2D eigenvalue weighted by molar-refractivity contribution is 5.46. The van der Waals surface area contributed by atoms with Gasteiger partial charge < -0.3 is 9.64 Å². The molecule has 0 heterocycles. The van der Waals surface area contributed by atoms with Gasteiger partial charge in [-0.05, 0) is 24.6 Å². The Bertz CT molecular complexity index is 455. The van der Waals surface area contributed by atoms with E-state index in [-0.39, 0.29) is 0 Å². The number of para-hydroxylation sites is 1. The zero-order valence-corrected chi connectivity index (χ0v) is 11.5. The van der Waals surface area contributed by atoms with E-state index in [4.69, 9.17) is 4.74 Å². The van der Waals surface area contributed by atoms with Crippen molar-refractivity contribution in [2.75, 3.05) is 24.7 Å². The molecule has 0 aliphatic rings. The monoisotopic (exact) mass is 255 g/mol. The van der Waals surface area contributed by atoms with Crippen molar-refractivity contribution in [3.63, 3.8) is 0 Å². The van der Waals surface area contributed by atoms with Crippen molar-refractivity contribution in [3.05, 3.63) is 66.2 Å². The lowest BCUT2D eigenvalue weighted by Crippen LogP contribution is -2.26. The summed E-state index contributed by atoms with van der Waals surface area (Å²) in [7, 11) is 0. The van der Waals surface area contributed by atoms with Gasteiger partial charge in [-0.1, -0.05) is 48.5 Å². The van der Waals surface area contributed by atoms with Crippen LogP contribution in [0.3, 0.4) is 0 Å². The molecular formula is C17H21NO. The van der Waals surface area contributed by atoms with Gasteiger partial charge in [0.05, 0.1) is 6.61 Å². The van der Waals surface area contributed by atoms with Crippen LogP contribution in [0.1, 0.15) is 12.5 Å². The molecule has 0 amide bonds. The second-order valence-electron chi connectivity index (χ2n) is 4.44. The Morgan fingerprint density at radius 2 is 1.53 bits per heavy atom. The van der Waals surface area contributed by atoms with Gasteiger partial charge in [0.15, 0.2) is 0 Å². The first-order chi connectivity index (χ1) is 9.40. The van der Waals surface area contributed by atoms with Crippen LogP contribution in [-0.2, 0) is 11.3 Å². The highest BCUT2D eigenvalue weighted by Crippen LogP contribution is 2.16. The Balaban J connectivity index is 2.06. The van der Waals surface area contributed by atoms with Gasteiger partial charge in [-0.15, -0.1) is 0 Å². The molecule has 100 valence electrons. The number of benzene rings is 2. The van der Waals surface area contributed by atoms with Gasteiger partial charge in [0.25, 0.3) is 0 Å². The molecule has 0 unspecified atom stereocenters. The van der Waals surface area contributed by atoms with E-state index in [1.807, 2.05) is 13.0 Å². The molecule has 0 aromatic heterocycles. The molecule has 2 rings (SSSR count). The zero-order valence-electron chi connectivity index (χ0n) is 11.5. The molecule has 2 aromatic rings. The highest BCUT2D eigenvalue weighted by Gasteiger charge is 2.06. The average molecular weight is 255 g/mol. The van der Waals surface area contributed by atoms with Gasteiger partial charge in [-0.3, -0.25) is 0 Å². The van der Waals surface area contributed by atoms with Crippen molar-refractivity contribution in [1.82, 2.24) is 0 Å². The molecule has 19 heavy (non-hydrogen) atoms. The first-order valence-electron chi connectivity index (χ1n) is 6.82. The number of hydrogen-bond acceptors (Lipinski definition) is 2. The van der Waals surface area contributed by atoms with Gasteiger partial charge in [0.2, 0.25) is 0 Å². The van der Waals surface area contributed by atoms with Crippen molar-refractivity contribution < 1.29 is 4.74 Å². The van der Waals surface area contributed by atoms with Crippen molar-refractivity contribution >= 4 is 5.69 Å². The van der Waals surface area contributed by atoms with Crippen LogP contribution in [0.5, 0.6) is 0 Å². The van der Waals surface area contributed by atoms with Crippen LogP contribution in [0.2, 0.25) is 0 Å². The van der Waals surface area contributed by atoms with Gasteiger partial charge in [-0.25, -0.2) is 0 Å². The van der Waals surface area contributed by atoms with Crippen molar-refractivity contribution in [3.8, 4) is 0 Å². The fourth-order valence-corrected chi connectivity index (χ4v) is 2.06. The van der Waals surface area contributed by atoms with Crippen LogP contribution in [0.4, 0.5) is 5.69 Å². The molecule has 0 N–H and O–H groups in total. The number of rotatable bonds is 7. The molecule has 0 saturated carbocycles. The minimum atomic E-state index is 0.762. The molecule has 2 nitrogen and oxygen atoms in total. The second kappa shape index (κ2) is 7.59. The van der Waals surface area contributed by atoms with E-state index in [0.717, 1.165) is 26.3 Å². The number of nitrogens with zero attached hydrogens (tertiary/aromatic N) is 1. The van der Waals surface area contributed by atoms with E-state index in [1.54, 1.807) is 0 Å². The number of anilines is 1. The van der Waals surface area contributed by atoms with Crippen LogP contribution < -0.4 is 4.90 Å². The third kappa shape index (κ3) is 4.42. The van der Waals surface area contributed by atoms with Crippen molar-refractivity contribution in [1.29, 1.82) is 0 Å². The summed E-state index contributed by atoms with van der Waals surface area (Å²) in [6.07, 6.45) is 0. The van der Waals surface area contributed by atoms with Crippen LogP contribution >= 0.6 is 0 Å². The summed E-state index contributed by atoms with van der Waals surface area (Å²) in [6, 6.07) is 21.0. The minimum Gasteiger partial charge on any atom is -0.380 e. The first kappa shape index (κ1) is 13.6. The topological polar surface area (TPSA) is 12.5 Å². The lowest BCUT2D eigenvalue weighted by molar-refractivity contribution is 0.153. The molecule has 0 aliphatic carbocycles. The Hall–Kier alpha value is -1.80. The van der Waals surface area contributed by atoms with E-state index in [2.05, 4.69) is 59.5 Å². The first-order valence-corrected chi connectivity index (χ1v) is 6.82. The summed E-state index contributed by atoms with van der Waals surface area (Å²) in [5.41, 5.74) is 2.56. The fraction of sp³-hybridized carbons (Fsp3) is 0.294. The molecule has 0 spiro atoms. The molecule has 0 radical (unpaired) electrons. The van der Waals surface area contributed by atoms with Gasteiger partial charge >= 0.3 is 0 Å². The van der Waals surface area contributed by atoms with Gasteiger partial charge in [0, 0.05) is 25.4 Å². The SMILES string of the molecule is CCOCCN(Cc1ccccc1)c1ccccc1. The molecule has 0 aliphatic heterocycles. The summed E-state index contributed by atoms with van der Waals surface area (Å²) in [4.78, 5) is 2.35. The van der Waals surface area contributed by atoms with Gasteiger partial charge in [0.1, 0.15) is 0 Å². The predicted molar refractivity (Wildman–Crippen MR) is 80.4 cm³/mol. The van der Waals surface area contributed by atoms with Gasteiger partial charge in [-0.2, -0.15) is 0 Å². The third-order valence-corrected chi connectivity index (χ3v) is 3.05. The Morgan fingerprint density at radius 1 is 0.895 bits per heavy atom. The van der Waals surface area contributed by atoms with Crippen LogP contribution in [-0.4, -0.2) is 19.8 Å². The summed E-state index contributed by atoms with van der Waals surface area (Å²) in [5, 5.41) is 0. The van der Waals surface area contributed by atoms with Crippen molar-refractivity contribution in [2.24, 2.45) is 0 Å². The second-order valence-corrected chi connectivity index (χ2v) is 4.44. The highest BCUT2D eigenvalue weighted by atomic mass is 16.5. The maximum atomic E-state index is 5.48. The molecule has 0 fully saturated rings. The zero-order chi connectivity index (χ0) is 13.3. The molecule has 0 saturated heterocycles. The maximum absolute atomic E-state index is 5.48. The van der Waals surface area contributed by atoms with Crippen LogP contribution in [0.15, 0.2) is 60.7 Å². The lowest BCUT2D eigenvalue weighted by Gasteiger charge is -2.25. The predicted octanol–water partition coefficient (Wildman–Crippen LogP) is 3.73. The average Bonchev–Trinajstić information content (AvgIpc) is 2.48. The Morgan fingerprint density at radius 3 is 2.16 bits per heavy atom. The quantitative estimate of drug-likeness (QED) is 0.699. The smallest absolute Gasteiger partial charge is 0.0641 e. The summed E-state index contributed by atoms with van der Waals surface area (Å²) in [5.74, 6) is 0. The van der Waals surface area contributed by atoms with Crippen molar-refractivity contribution in [2.45, 2.75) is 13.5 Å². The van der Waals surface area contributed by atoms with E-state index in [0.29, 0.717) is 0 Å². The normalized spacial score (nSPS) is 10.4. The summed E-state index contributed by atoms with van der Waals surface area (Å²) in [6.45, 7) is 5.39. The van der Waals surface area contributed by atoms with E-state index in [1.165, 1.54) is 11.3 Å². The standard InChI is InChI=1S/C17H21NO/c1-2-19-14-13-18(17-11-7-4-8-12-17)15-16-9-5-3-6-10-16/h3-12H,2,13-15H2,1H3. The van der Waals surface area contributed by atoms with Crippen LogP contribution in [0.25, 0.3) is 0 Å². The molecule has 0 atom stereocenters. The maximum Gasteiger partial charge on any atom is 0.0641 e. The van der Waals surface area contributed by atoms with E-state index < -0.39 is 0 Å². The molecule has 2 heteroatoms. The van der Waals surface area contributed by atoms with E-state index in [9.17, 15) is 0 Å². The third-order valence-electron chi connectivity index (χ3n) is 3.05. The Labute approximate surface area is 115 Å². The fourth-order valence-electron chi connectivity index (χ4n) is 2.06. The number of ether oxygens (including phenoxy) is 1. The minimum absolute atomic E-state index is 0.762. The summed E-state index contributed by atoms with van der Waals surface area (Å²) >= 11 is 0. The molecular weight excluding hydrogens is 234 g/mol. The van der Waals surface area contributed by atoms with Crippen LogP contribution in [0, 0.1) is 0 Å². The molecule has 0 bridgehead atoms. The Kier molecular flexibility index (Phi) is 5.45. The molecule has 2 aromatic carbocycles. The van der Waals surface area contributed by atoms with E-state index >= 15 is 0 Å². The largest absolute Gasteiger partial charge is 0.380 e. The lowest BCUT2D eigenvalue weighted by atomic mass is 10.2.